The summed E-state index contributed by atoms with van der Waals surface area (Å²) in [4.78, 5) is 17.7. The Kier molecular flexibility index (Phi) is 6.43. The van der Waals surface area contributed by atoms with Crippen molar-refractivity contribution in [1.82, 2.24) is 10.2 Å². The minimum atomic E-state index is -0.548. The molecule has 0 saturated heterocycles. The molecule has 0 unspecified atom stereocenters. The molecular weight excluding hydrogens is 226 g/mol. The Hall–Kier alpha value is -0.750. The third-order valence-electron chi connectivity index (χ3n) is 2.11. The van der Waals surface area contributed by atoms with Gasteiger partial charge in [-0.05, 0) is 34.2 Å². The van der Waals surface area contributed by atoms with Crippen molar-refractivity contribution in [2.24, 2.45) is 5.16 Å². The summed E-state index contributed by atoms with van der Waals surface area (Å²) in [5.41, 5.74) is 0.827. The van der Waals surface area contributed by atoms with E-state index in [9.17, 15) is 4.79 Å². The average Bonchev–Trinajstić information content (AvgIpc) is 2.22. The number of oxime groups is 1. The monoisotopic (exact) mass is 247 g/mol. The molecule has 1 N–H and O–H groups in total. The Morgan fingerprint density at radius 1 is 1.50 bits per heavy atom. The molecule has 94 valence electrons. The van der Waals surface area contributed by atoms with Crippen LogP contribution in [0, 0.1) is 0 Å². The molecule has 5 nitrogen and oxygen atoms in total. The molecule has 0 atom stereocenters. The Morgan fingerprint density at radius 3 is 2.44 bits per heavy atom. The summed E-state index contributed by atoms with van der Waals surface area (Å²) in [6.45, 7) is 4.76. The van der Waals surface area contributed by atoms with Gasteiger partial charge in [0, 0.05) is 13.6 Å². The smallest absolute Gasteiger partial charge is 0.323 e. The molecule has 0 rings (SSSR count). The van der Waals surface area contributed by atoms with Gasteiger partial charge in [-0.3, -0.25) is 4.84 Å². The van der Waals surface area contributed by atoms with Crippen molar-refractivity contribution in [3.8, 4) is 0 Å². The van der Waals surface area contributed by atoms with Gasteiger partial charge in [0.2, 0.25) is 0 Å². The second-order valence-electron chi connectivity index (χ2n) is 4.12. The van der Waals surface area contributed by atoms with Gasteiger partial charge in [-0.25, -0.2) is 4.79 Å². The maximum atomic E-state index is 11.0. The van der Waals surface area contributed by atoms with Gasteiger partial charge in [0.05, 0.1) is 10.5 Å². The lowest BCUT2D eigenvalue weighted by Gasteiger charge is -2.25. The lowest BCUT2D eigenvalue weighted by Crippen LogP contribution is -2.37. The molecule has 6 heteroatoms. The number of thioether (sulfide) groups is 1. The van der Waals surface area contributed by atoms with E-state index >= 15 is 0 Å². The van der Waals surface area contributed by atoms with Crippen LogP contribution in [0.5, 0.6) is 0 Å². The third kappa shape index (κ3) is 5.37. The van der Waals surface area contributed by atoms with Gasteiger partial charge < -0.3 is 10.2 Å². The van der Waals surface area contributed by atoms with Crippen LogP contribution in [0.15, 0.2) is 5.16 Å². The zero-order valence-corrected chi connectivity index (χ0v) is 11.6. The van der Waals surface area contributed by atoms with Crippen molar-refractivity contribution >= 4 is 23.6 Å². The maximum Gasteiger partial charge on any atom is 0.433 e. The molecule has 0 bridgehead atoms. The lowest BCUT2D eigenvalue weighted by atomic mass is 10.1. The molecule has 0 heterocycles. The quantitative estimate of drug-likeness (QED) is 0.453. The lowest BCUT2D eigenvalue weighted by molar-refractivity contribution is 0.152. The number of carbonyl (C=O) groups excluding carboxylic acids is 1. The van der Waals surface area contributed by atoms with E-state index in [0.717, 1.165) is 5.71 Å². The van der Waals surface area contributed by atoms with E-state index in [1.165, 1.54) is 7.05 Å². The molecule has 0 fully saturated rings. The highest BCUT2D eigenvalue weighted by molar-refractivity contribution is 8.00. The van der Waals surface area contributed by atoms with E-state index in [1.54, 1.807) is 11.8 Å². The molecule has 0 aliphatic heterocycles. The van der Waals surface area contributed by atoms with E-state index < -0.39 is 6.09 Å². The Bertz CT molecular complexity index is 265. The zero-order chi connectivity index (χ0) is 12.8. The number of carbonyl (C=O) groups is 1. The van der Waals surface area contributed by atoms with Gasteiger partial charge in [-0.2, -0.15) is 11.8 Å². The fourth-order valence-electron chi connectivity index (χ4n) is 0.889. The van der Waals surface area contributed by atoms with Gasteiger partial charge >= 0.3 is 6.09 Å². The number of hydrogen-bond donors (Lipinski definition) is 1. The first kappa shape index (κ1) is 15.2. The minimum Gasteiger partial charge on any atom is -0.323 e. The van der Waals surface area contributed by atoms with E-state index in [2.05, 4.69) is 10.5 Å². The second kappa shape index (κ2) is 6.75. The molecule has 16 heavy (non-hydrogen) atoms. The van der Waals surface area contributed by atoms with E-state index in [4.69, 9.17) is 4.84 Å². The maximum absolute atomic E-state index is 11.0. The van der Waals surface area contributed by atoms with Crippen LogP contribution in [0.4, 0.5) is 4.79 Å². The highest BCUT2D eigenvalue weighted by Crippen LogP contribution is 2.23. The van der Waals surface area contributed by atoms with Gasteiger partial charge in [0.15, 0.2) is 0 Å². The Balaban J connectivity index is 4.73. The predicted octanol–water partition coefficient (Wildman–Crippen LogP) is 1.40. The van der Waals surface area contributed by atoms with Gasteiger partial charge in [-0.15, -0.1) is 0 Å². The Morgan fingerprint density at radius 2 is 2.06 bits per heavy atom. The predicted molar refractivity (Wildman–Crippen MR) is 69.1 cm³/mol. The summed E-state index contributed by atoms with van der Waals surface area (Å²) in [6.07, 6.45) is 1.46. The van der Waals surface area contributed by atoms with E-state index in [0.29, 0.717) is 6.54 Å². The van der Waals surface area contributed by atoms with Gasteiger partial charge in [-0.1, -0.05) is 5.16 Å². The fraction of sp³-hybridized carbons (Fsp3) is 0.800. The van der Waals surface area contributed by atoms with Crippen LogP contribution in [0.1, 0.15) is 13.8 Å². The first-order valence-corrected chi connectivity index (χ1v) is 6.22. The summed E-state index contributed by atoms with van der Waals surface area (Å²) in [5.74, 6) is 0. The van der Waals surface area contributed by atoms with Crippen LogP contribution in [0.25, 0.3) is 0 Å². The largest absolute Gasteiger partial charge is 0.433 e. The average molecular weight is 247 g/mol. The van der Waals surface area contributed by atoms with Gasteiger partial charge in [0.25, 0.3) is 0 Å². The highest BCUT2D eigenvalue weighted by Gasteiger charge is 2.25. The van der Waals surface area contributed by atoms with Crippen LogP contribution in [0.3, 0.4) is 0 Å². The normalized spacial score (nSPS) is 12.8. The highest BCUT2D eigenvalue weighted by atomic mass is 32.2. The SMILES string of the molecule is CNC(=O)ON=C(CN(C)C)C(C)(C)SC. The number of rotatable bonds is 5. The molecule has 0 aliphatic rings. The van der Waals surface area contributed by atoms with Crippen LogP contribution < -0.4 is 5.32 Å². The first-order chi connectivity index (χ1) is 7.33. The molecule has 0 spiro atoms. The molecule has 0 aromatic carbocycles. The topological polar surface area (TPSA) is 53.9 Å². The number of hydrogen-bond acceptors (Lipinski definition) is 5. The summed E-state index contributed by atoms with van der Waals surface area (Å²) < 4.78 is -0.154. The second-order valence-corrected chi connectivity index (χ2v) is 5.55. The molecule has 0 radical (unpaired) electrons. The van der Waals surface area contributed by atoms with Crippen LogP contribution >= 0.6 is 11.8 Å². The summed E-state index contributed by atoms with van der Waals surface area (Å²) in [6, 6.07) is 0. The van der Waals surface area contributed by atoms with Crippen molar-refractivity contribution in [3.63, 3.8) is 0 Å². The summed E-state index contributed by atoms with van der Waals surface area (Å²) >= 11 is 1.67. The third-order valence-corrected chi connectivity index (χ3v) is 3.37. The van der Waals surface area contributed by atoms with E-state index in [1.807, 2.05) is 39.1 Å². The number of nitrogens with zero attached hydrogens (tertiary/aromatic N) is 2. The first-order valence-electron chi connectivity index (χ1n) is 4.99. The van der Waals surface area contributed by atoms with E-state index in [-0.39, 0.29) is 4.75 Å². The number of nitrogens with one attached hydrogen (secondary N) is 1. The Labute approximate surface area is 102 Å². The van der Waals surface area contributed by atoms with Crippen molar-refractivity contribution in [2.75, 3.05) is 33.9 Å². The fourth-order valence-corrected chi connectivity index (χ4v) is 1.23. The van der Waals surface area contributed by atoms with Crippen LogP contribution in [-0.4, -0.2) is 55.4 Å². The van der Waals surface area contributed by atoms with Crippen molar-refractivity contribution in [2.45, 2.75) is 18.6 Å². The van der Waals surface area contributed by atoms with Crippen LogP contribution in [-0.2, 0) is 4.84 Å². The van der Waals surface area contributed by atoms with Gasteiger partial charge in [0.1, 0.15) is 0 Å². The minimum absolute atomic E-state index is 0.154. The molecule has 0 aliphatic carbocycles. The molecular formula is C10H21N3O2S. The molecule has 0 aromatic heterocycles. The van der Waals surface area contributed by atoms with Crippen molar-refractivity contribution in [3.05, 3.63) is 0 Å². The molecule has 1 amide bonds. The zero-order valence-electron chi connectivity index (χ0n) is 10.8. The van der Waals surface area contributed by atoms with Crippen LogP contribution in [0.2, 0.25) is 0 Å². The van der Waals surface area contributed by atoms with Crippen molar-refractivity contribution in [1.29, 1.82) is 0 Å². The number of amides is 1. The summed E-state index contributed by atoms with van der Waals surface area (Å²) in [7, 11) is 5.40. The standard InChI is InChI=1S/C10H21N3O2S/c1-10(2,16-6)8(7-13(4)5)12-15-9(14)11-3/h7H2,1-6H3,(H,11,14). The molecule has 0 aromatic rings. The summed E-state index contributed by atoms with van der Waals surface area (Å²) in [5, 5.41) is 6.27. The molecule has 0 saturated carbocycles. The van der Waals surface area contributed by atoms with Crippen molar-refractivity contribution < 1.29 is 9.63 Å².